The maximum Gasteiger partial charge on any atom is 0.267 e. The molecular formula is C12H10N4O2. The molecule has 0 amide bonds. The zero-order valence-corrected chi connectivity index (χ0v) is 9.62. The van der Waals surface area contributed by atoms with E-state index in [0.29, 0.717) is 22.8 Å². The molecule has 6 nitrogen and oxygen atoms in total. The summed E-state index contributed by atoms with van der Waals surface area (Å²) >= 11 is 0. The fraction of sp³-hybridized carbons (Fsp3) is 0.0833. The van der Waals surface area contributed by atoms with Crippen LogP contribution in [0.5, 0.6) is 5.88 Å². The minimum atomic E-state index is 0.224. The lowest BCUT2D eigenvalue weighted by Crippen LogP contribution is -1.96. The van der Waals surface area contributed by atoms with E-state index in [4.69, 9.17) is 15.0 Å². The van der Waals surface area contributed by atoms with Gasteiger partial charge in [0.05, 0.1) is 7.11 Å². The lowest BCUT2D eigenvalue weighted by molar-refractivity contribution is 0.402. The van der Waals surface area contributed by atoms with Crippen molar-refractivity contribution in [3.05, 3.63) is 30.3 Å². The van der Waals surface area contributed by atoms with E-state index in [-0.39, 0.29) is 5.82 Å². The minimum Gasteiger partial charge on any atom is -0.480 e. The van der Waals surface area contributed by atoms with Crippen LogP contribution in [-0.4, -0.2) is 22.2 Å². The Kier molecular flexibility index (Phi) is 2.33. The molecule has 0 bridgehead atoms. The van der Waals surface area contributed by atoms with Crippen molar-refractivity contribution in [2.45, 2.75) is 0 Å². The van der Waals surface area contributed by atoms with Crippen LogP contribution in [0.1, 0.15) is 0 Å². The highest BCUT2D eigenvalue weighted by molar-refractivity contribution is 5.90. The molecule has 6 heteroatoms. The zero-order valence-electron chi connectivity index (χ0n) is 9.62. The van der Waals surface area contributed by atoms with Gasteiger partial charge in [0.15, 0.2) is 11.6 Å². The van der Waals surface area contributed by atoms with E-state index in [2.05, 4.69) is 15.1 Å². The molecule has 0 radical (unpaired) electrons. The zero-order chi connectivity index (χ0) is 12.5. The van der Waals surface area contributed by atoms with Gasteiger partial charge in [0.2, 0.25) is 5.88 Å². The van der Waals surface area contributed by atoms with Gasteiger partial charge < -0.3 is 15.0 Å². The quantitative estimate of drug-likeness (QED) is 0.738. The second kappa shape index (κ2) is 3.99. The van der Waals surface area contributed by atoms with E-state index < -0.39 is 0 Å². The Morgan fingerprint density at radius 2 is 1.94 bits per heavy atom. The van der Waals surface area contributed by atoms with Gasteiger partial charge in [-0.3, -0.25) is 0 Å². The Labute approximate surface area is 102 Å². The van der Waals surface area contributed by atoms with Crippen LogP contribution < -0.4 is 10.5 Å². The first-order valence-electron chi connectivity index (χ1n) is 5.32. The van der Waals surface area contributed by atoms with Crippen LogP contribution in [0, 0.1) is 0 Å². The molecule has 2 heterocycles. The molecule has 18 heavy (non-hydrogen) atoms. The molecule has 90 valence electrons. The number of aromatic nitrogens is 3. The molecule has 1 aromatic carbocycles. The summed E-state index contributed by atoms with van der Waals surface area (Å²) in [5.41, 5.74) is 6.86. The van der Waals surface area contributed by atoms with Crippen LogP contribution in [0.15, 0.2) is 34.9 Å². The number of nitrogen functional groups attached to an aromatic ring is 1. The second-order valence-corrected chi connectivity index (χ2v) is 3.67. The molecule has 0 fully saturated rings. The fourth-order valence-corrected chi connectivity index (χ4v) is 1.71. The molecule has 2 N–H and O–H groups in total. The summed E-state index contributed by atoms with van der Waals surface area (Å²) in [6.45, 7) is 0. The summed E-state index contributed by atoms with van der Waals surface area (Å²) in [5, 5.41) is 4.16. The Hall–Kier alpha value is -2.63. The average molecular weight is 242 g/mol. The highest BCUT2D eigenvalue weighted by Crippen LogP contribution is 2.29. The summed E-state index contributed by atoms with van der Waals surface area (Å²) in [6.07, 6.45) is 0. The minimum absolute atomic E-state index is 0.224. The number of nitrogens with zero attached hydrogens (tertiary/aromatic N) is 3. The normalized spacial score (nSPS) is 10.7. The third-order valence-corrected chi connectivity index (χ3v) is 2.55. The van der Waals surface area contributed by atoms with Crippen LogP contribution >= 0.6 is 0 Å². The molecule has 3 aromatic rings. The molecule has 0 aliphatic rings. The predicted octanol–water partition coefficient (Wildman–Crippen LogP) is 1.88. The predicted molar refractivity (Wildman–Crippen MR) is 66.0 cm³/mol. The van der Waals surface area contributed by atoms with Crippen LogP contribution in [0.4, 0.5) is 5.82 Å². The summed E-state index contributed by atoms with van der Waals surface area (Å²) in [4.78, 5) is 8.58. The van der Waals surface area contributed by atoms with Crippen molar-refractivity contribution in [1.82, 2.24) is 15.1 Å². The average Bonchev–Trinajstić information content (AvgIpc) is 2.81. The largest absolute Gasteiger partial charge is 0.480 e. The van der Waals surface area contributed by atoms with Crippen LogP contribution in [-0.2, 0) is 0 Å². The van der Waals surface area contributed by atoms with Gasteiger partial charge >= 0.3 is 0 Å². The van der Waals surface area contributed by atoms with Crippen LogP contribution in [0.25, 0.3) is 22.5 Å². The van der Waals surface area contributed by atoms with Gasteiger partial charge in [-0.15, -0.1) is 0 Å². The smallest absolute Gasteiger partial charge is 0.267 e. The van der Waals surface area contributed by atoms with E-state index in [0.717, 1.165) is 5.56 Å². The van der Waals surface area contributed by atoms with Gasteiger partial charge in [-0.2, -0.15) is 9.97 Å². The fourth-order valence-electron chi connectivity index (χ4n) is 1.71. The first-order chi connectivity index (χ1) is 8.79. The van der Waals surface area contributed by atoms with Gasteiger partial charge in [-0.05, 0) is 0 Å². The van der Waals surface area contributed by atoms with Gasteiger partial charge in [0, 0.05) is 5.56 Å². The van der Waals surface area contributed by atoms with Gasteiger partial charge in [0.1, 0.15) is 5.39 Å². The lowest BCUT2D eigenvalue weighted by atomic mass is 10.2. The standard InChI is InChI=1S/C12H10N4O2/c1-17-11-8-9(13)16-18-12(8)15-10(14-11)7-5-3-2-4-6-7/h2-6H,1H3,(H2,13,16). The van der Waals surface area contributed by atoms with E-state index >= 15 is 0 Å². The van der Waals surface area contributed by atoms with E-state index in [1.807, 2.05) is 30.3 Å². The maximum absolute atomic E-state index is 5.68. The van der Waals surface area contributed by atoms with Crippen molar-refractivity contribution < 1.29 is 9.26 Å². The Balaban J connectivity index is 2.27. The molecule has 0 aliphatic heterocycles. The number of methoxy groups -OCH3 is 1. The number of hydrogen-bond donors (Lipinski definition) is 1. The summed E-state index contributed by atoms with van der Waals surface area (Å²) < 4.78 is 10.2. The number of fused-ring (bicyclic) bond motifs is 1. The number of anilines is 1. The van der Waals surface area contributed by atoms with E-state index in [9.17, 15) is 0 Å². The topological polar surface area (TPSA) is 87.1 Å². The van der Waals surface area contributed by atoms with Crippen molar-refractivity contribution in [2.24, 2.45) is 0 Å². The summed E-state index contributed by atoms with van der Waals surface area (Å²) in [6, 6.07) is 9.54. The summed E-state index contributed by atoms with van der Waals surface area (Å²) in [7, 11) is 1.52. The second-order valence-electron chi connectivity index (χ2n) is 3.67. The number of nitrogens with two attached hydrogens (primary N) is 1. The Morgan fingerprint density at radius 3 is 2.67 bits per heavy atom. The van der Waals surface area contributed by atoms with Gasteiger partial charge in [-0.1, -0.05) is 35.5 Å². The highest BCUT2D eigenvalue weighted by Gasteiger charge is 2.16. The van der Waals surface area contributed by atoms with Crippen LogP contribution in [0.2, 0.25) is 0 Å². The van der Waals surface area contributed by atoms with Crippen molar-refractivity contribution >= 4 is 16.9 Å². The monoisotopic (exact) mass is 242 g/mol. The number of ether oxygens (including phenoxy) is 1. The van der Waals surface area contributed by atoms with E-state index in [1.54, 1.807) is 0 Å². The SMILES string of the molecule is COc1nc(-c2ccccc2)nc2onc(N)c12. The molecule has 0 atom stereocenters. The summed E-state index contributed by atoms with van der Waals surface area (Å²) in [5.74, 6) is 1.09. The van der Waals surface area contributed by atoms with Gasteiger partial charge in [-0.25, -0.2) is 0 Å². The number of rotatable bonds is 2. The van der Waals surface area contributed by atoms with E-state index in [1.165, 1.54) is 7.11 Å². The van der Waals surface area contributed by atoms with Crippen molar-refractivity contribution in [1.29, 1.82) is 0 Å². The maximum atomic E-state index is 5.68. The van der Waals surface area contributed by atoms with Crippen molar-refractivity contribution in [3.63, 3.8) is 0 Å². The molecule has 0 aliphatic carbocycles. The highest BCUT2D eigenvalue weighted by atomic mass is 16.5. The number of benzene rings is 1. The molecule has 3 rings (SSSR count). The molecule has 0 spiro atoms. The molecular weight excluding hydrogens is 232 g/mol. The Bertz CT molecular complexity index is 694. The molecule has 0 saturated heterocycles. The first-order valence-corrected chi connectivity index (χ1v) is 5.32. The lowest BCUT2D eigenvalue weighted by Gasteiger charge is -2.03. The Morgan fingerprint density at radius 1 is 1.17 bits per heavy atom. The molecule has 0 saturated carbocycles. The number of hydrogen-bond acceptors (Lipinski definition) is 6. The van der Waals surface area contributed by atoms with Crippen molar-refractivity contribution in [3.8, 4) is 17.3 Å². The first kappa shape index (κ1) is 10.5. The molecule has 0 unspecified atom stereocenters. The molecule has 2 aromatic heterocycles. The van der Waals surface area contributed by atoms with Crippen LogP contribution in [0.3, 0.4) is 0 Å². The van der Waals surface area contributed by atoms with Gasteiger partial charge in [0.25, 0.3) is 5.71 Å². The van der Waals surface area contributed by atoms with Crippen molar-refractivity contribution in [2.75, 3.05) is 12.8 Å². The third-order valence-electron chi connectivity index (χ3n) is 2.55. The third kappa shape index (κ3) is 1.55.